The first-order valence-corrected chi connectivity index (χ1v) is 6.77. The SMILES string of the molecule is CCC1(c2nc(-c3cccc(C)n3)no2)CCCN1. The Bertz CT molecular complexity index is 572. The molecule has 2 aromatic rings. The predicted octanol–water partition coefficient (Wildman–Crippen LogP) is 2.43. The maximum Gasteiger partial charge on any atom is 0.247 e. The van der Waals surface area contributed by atoms with E-state index in [0.717, 1.165) is 37.2 Å². The van der Waals surface area contributed by atoms with Crippen molar-refractivity contribution in [1.29, 1.82) is 0 Å². The van der Waals surface area contributed by atoms with Gasteiger partial charge in [-0.05, 0) is 44.9 Å². The number of nitrogens with zero attached hydrogens (tertiary/aromatic N) is 3. The molecule has 0 radical (unpaired) electrons. The van der Waals surface area contributed by atoms with E-state index < -0.39 is 0 Å². The molecule has 3 heterocycles. The first-order chi connectivity index (χ1) is 9.23. The van der Waals surface area contributed by atoms with Gasteiger partial charge in [0.2, 0.25) is 11.7 Å². The molecule has 1 unspecified atom stereocenters. The molecule has 5 heteroatoms. The zero-order valence-corrected chi connectivity index (χ0v) is 11.3. The van der Waals surface area contributed by atoms with Gasteiger partial charge in [0.25, 0.3) is 0 Å². The molecule has 1 fully saturated rings. The minimum absolute atomic E-state index is 0.144. The Hall–Kier alpha value is -1.75. The number of nitrogens with one attached hydrogen (secondary N) is 1. The average Bonchev–Trinajstić information content (AvgIpc) is 3.08. The van der Waals surface area contributed by atoms with Crippen molar-refractivity contribution in [3.63, 3.8) is 0 Å². The highest BCUT2D eigenvalue weighted by atomic mass is 16.5. The molecule has 0 aliphatic carbocycles. The van der Waals surface area contributed by atoms with E-state index in [1.165, 1.54) is 0 Å². The molecule has 100 valence electrons. The Morgan fingerprint density at radius 2 is 2.26 bits per heavy atom. The van der Waals surface area contributed by atoms with Crippen LogP contribution in [0.15, 0.2) is 22.7 Å². The number of hydrogen-bond donors (Lipinski definition) is 1. The third-order valence-electron chi connectivity index (χ3n) is 3.80. The van der Waals surface area contributed by atoms with Crippen molar-refractivity contribution in [1.82, 2.24) is 20.4 Å². The fourth-order valence-corrected chi connectivity index (χ4v) is 2.63. The van der Waals surface area contributed by atoms with Gasteiger partial charge in [-0.3, -0.25) is 0 Å². The van der Waals surface area contributed by atoms with Gasteiger partial charge in [0.15, 0.2) is 0 Å². The van der Waals surface area contributed by atoms with E-state index in [-0.39, 0.29) is 5.54 Å². The van der Waals surface area contributed by atoms with Crippen LogP contribution >= 0.6 is 0 Å². The molecular weight excluding hydrogens is 240 g/mol. The Morgan fingerprint density at radius 3 is 2.95 bits per heavy atom. The summed E-state index contributed by atoms with van der Waals surface area (Å²) in [6, 6.07) is 5.82. The van der Waals surface area contributed by atoms with Crippen LogP contribution in [0.4, 0.5) is 0 Å². The first-order valence-electron chi connectivity index (χ1n) is 6.77. The molecule has 0 saturated carbocycles. The number of aromatic nitrogens is 3. The van der Waals surface area contributed by atoms with Crippen molar-refractivity contribution in [2.75, 3.05) is 6.54 Å². The molecule has 1 saturated heterocycles. The zero-order chi connectivity index (χ0) is 13.3. The Balaban J connectivity index is 1.95. The van der Waals surface area contributed by atoms with Crippen LogP contribution in [0.3, 0.4) is 0 Å². The van der Waals surface area contributed by atoms with Gasteiger partial charge in [-0.1, -0.05) is 18.1 Å². The van der Waals surface area contributed by atoms with Gasteiger partial charge in [0, 0.05) is 5.69 Å². The normalized spacial score (nSPS) is 22.8. The highest BCUT2D eigenvalue weighted by Gasteiger charge is 2.39. The maximum atomic E-state index is 5.47. The molecule has 1 aliphatic heterocycles. The van der Waals surface area contributed by atoms with Crippen LogP contribution in [-0.2, 0) is 5.54 Å². The van der Waals surface area contributed by atoms with Crippen molar-refractivity contribution >= 4 is 0 Å². The predicted molar refractivity (Wildman–Crippen MR) is 71.5 cm³/mol. The monoisotopic (exact) mass is 258 g/mol. The highest BCUT2D eigenvalue weighted by molar-refractivity contribution is 5.48. The molecule has 3 rings (SSSR count). The van der Waals surface area contributed by atoms with Gasteiger partial charge in [-0.15, -0.1) is 0 Å². The van der Waals surface area contributed by atoms with Crippen LogP contribution in [-0.4, -0.2) is 21.7 Å². The molecule has 0 spiro atoms. The summed E-state index contributed by atoms with van der Waals surface area (Å²) in [7, 11) is 0. The maximum absolute atomic E-state index is 5.47. The number of rotatable bonds is 3. The second-order valence-corrected chi connectivity index (χ2v) is 5.05. The number of hydrogen-bond acceptors (Lipinski definition) is 5. The summed E-state index contributed by atoms with van der Waals surface area (Å²) in [5.74, 6) is 1.26. The lowest BCUT2D eigenvalue weighted by Crippen LogP contribution is -2.36. The topological polar surface area (TPSA) is 63.8 Å². The van der Waals surface area contributed by atoms with E-state index in [1.807, 2.05) is 25.1 Å². The molecular formula is C14H18N4O. The number of aryl methyl sites for hydroxylation is 1. The lowest BCUT2D eigenvalue weighted by atomic mass is 9.94. The summed E-state index contributed by atoms with van der Waals surface area (Å²) in [4.78, 5) is 8.97. The Morgan fingerprint density at radius 1 is 1.37 bits per heavy atom. The van der Waals surface area contributed by atoms with E-state index in [2.05, 4.69) is 27.4 Å². The van der Waals surface area contributed by atoms with Gasteiger partial charge in [-0.2, -0.15) is 4.98 Å². The van der Waals surface area contributed by atoms with Crippen molar-refractivity contribution in [2.45, 2.75) is 38.6 Å². The van der Waals surface area contributed by atoms with Crippen LogP contribution in [0, 0.1) is 6.92 Å². The highest BCUT2D eigenvalue weighted by Crippen LogP contribution is 2.33. The van der Waals surface area contributed by atoms with Crippen LogP contribution < -0.4 is 5.32 Å². The molecule has 2 aromatic heterocycles. The van der Waals surface area contributed by atoms with Crippen LogP contribution in [0.1, 0.15) is 37.8 Å². The van der Waals surface area contributed by atoms with Gasteiger partial charge in [0.1, 0.15) is 5.69 Å². The second-order valence-electron chi connectivity index (χ2n) is 5.05. The molecule has 19 heavy (non-hydrogen) atoms. The van der Waals surface area contributed by atoms with Crippen LogP contribution in [0.25, 0.3) is 11.5 Å². The van der Waals surface area contributed by atoms with Gasteiger partial charge in [0.05, 0.1) is 5.54 Å². The third-order valence-corrected chi connectivity index (χ3v) is 3.80. The summed E-state index contributed by atoms with van der Waals surface area (Å²) >= 11 is 0. The van der Waals surface area contributed by atoms with Crippen LogP contribution in [0.2, 0.25) is 0 Å². The third kappa shape index (κ3) is 2.14. The van der Waals surface area contributed by atoms with E-state index in [4.69, 9.17) is 4.52 Å². The lowest BCUT2D eigenvalue weighted by molar-refractivity contribution is 0.250. The summed E-state index contributed by atoms with van der Waals surface area (Å²) in [6.07, 6.45) is 3.15. The molecule has 1 aliphatic rings. The van der Waals surface area contributed by atoms with Crippen molar-refractivity contribution in [3.8, 4) is 11.5 Å². The summed E-state index contributed by atoms with van der Waals surface area (Å²) in [5.41, 5.74) is 1.57. The minimum atomic E-state index is -0.144. The van der Waals surface area contributed by atoms with Crippen LogP contribution in [0.5, 0.6) is 0 Å². The zero-order valence-electron chi connectivity index (χ0n) is 11.3. The fraction of sp³-hybridized carbons (Fsp3) is 0.500. The minimum Gasteiger partial charge on any atom is -0.337 e. The summed E-state index contributed by atoms with van der Waals surface area (Å²) in [6.45, 7) is 5.11. The fourth-order valence-electron chi connectivity index (χ4n) is 2.63. The lowest BCUT2D eigenvalue weighted by Gasteiger charge is -2.22. The Labute approximate surface area is 112 Å². The molecule has 0 amide bonds. The molecule has 1 atom stereocenters. The van der Waals surface area contributed by atoms with Gasteiger partial charge < -0.3 is 9.84 Å². The van der Waals surface area contributed by atoms with Gasteiger partial charge in [-0.25, -0.2) is 4.98 Å². The van der Waals surface area contributed by atoms with E-state index in [9.17, 15) is 0 Å². The molecule has 0 aromatic carbocycles. The largest absolute Gasteiger partial charge is 0.337 e. The van der Waals surface area contributed by atoms with E-state index >= 15 is 0 Å². The molecule has 5 nitrogen and oxygen atoms in total. The second kappa shape index (κ2) is 4.74. The first kappa shape index (κ1) is 12.3. The summed E-state index contributed by atoms with van der Waals surface area (Å²) in [5, 5.41) is 7.57. The summed E-state index contributed by atoms with van der Waals surface area (Å²) < 4.78 is 5.47. The standard InChI is InChI=1S/C14H18N4O/c1-3-14(8-5-9-15-14)13-17-12(18-19-13)11-7-4-6-10(2)16-11/h4,6-7,15H,3,5,8-9H2,1-2H3. The Kier molecular flexibility index (Phi) is 3.06. The molecule has 1 N–H and O–H groups in total. The quantitative estimate of drug-likeness (QED) is 0.916. The van der Waals surface area contributed by atoms with Crippen molar-refractivity contribution in [3.05, 3.63) is 29.8 Å². The van der Waals surface area contributed by atoms with Gasteiger partial charge >= 0.3 is 0 Å². The smallest absolute Gasteiger partial charge is 0.247 e. The molecule has 0 bridgehead atoms. The van der Waals surface area contributed by atoms with Crippen molar-refractivity contribution < 1.29 is 4.52 Å². The van der Waals surface area contributed by atoms with Crippen molar-refractivity contribution in [2.24, 2.45) is 0 Å². The average molecular weight is 258 g/mol. The van der Waals surface area contributed by atoms with E-state index in [0.29, 0.717) is 11.7 Å². The number of pyridine rings is 1. The van der Waals surface area contributed by atoms with E-state index in [1.54, 1.807) is 0 Å².